The summed E-state index contributed by atoms with van der Waals surface area (Å²) >= 11 is 0. The molecule has 2 aromatic rings. The minimum atomic E-state index is -0.486. The molecule has 0 aromatic heterocycles. The van der Waals surface area contributed by atoms with Gasteiger partial charge in [0.2, 0.25) is 0 Å². The number of anilines is 1. The molecule has 2 aromatic carbocycles. The number of nitrogens with zero attached hydrogens (tertiary/aromatic N) is 1. The minimum absolute atomic E-state index is 0.486. The molecule has 0 fully saturated rings. The van der Waals surface area contributed by atoms with Crippen LogP contribution in [0.25, 0.3) is 11.1 Å². The molecular formula is C21H27NO. The number of hydrogen-bond acceptors (Lipinski definition) is 2. The van der Waals surface area contributed by atoms with E-state index in [1.165, 1.54) is 42.5 Å². The molecule has 3 rings (SSSR count). The van der Waals surface area contributed by atoms with Gasteiger partial charge in [-0.1, -0.05) is 57.0 Å². The first kappa shape index (κ1) is 16.1. The van der Waals surface area contributed by atoms with E-state index < -0.39 is 6.10 Å². The largest absolute Gasteiger partial charge is 0.384 e. The Hall–Kier alpha value is -1.80. The second-order valence-electron chi connectivity index (χ2n) is 6.46. The number of rotatable bonds is 7. The van der Waals surface area contributed by atoms with E-state index >= 15 is 0 Å². The molecular weight excluding hydrogens is 282 g/mol. The van der Waals surface area contributed by atoms with Crippen molar-refractivity contribution in [2.45, 2.75) is 45.6 Å². The monoisotopic (exact) mass is 309 g/mol. The van der Waals surface area contributed by atoms with Crippen LogP contribution in [-0.4, -0.2) is 18.2 Å². The molecule has 1 atom stereocenters. The van der Waals surface area contributed by atoms with Gasteiger partial charge < -0.3 is 10.0 Å². The van der Waals surface area contributed by atoms with Gasteiger partial charge >= 0.3 is 0 Å². The molecule has 2 nitrogen and oxygen atoms in total. The predicted molar refractivity (Wildman–Crippen MR) is 98.0 cm³/mol. The zero-order chi connectivity index (χ0) is 16.2. The van der Waals surface area contributed by atoms with Crippen LogP contribution >= 0.6 is 0 Å². The van der Waals surface area contributed by atoms with Crippen molar-refractivity contribution in [2.24, 2.45) is 0 Å². The number of benzene rings is 2. The van der Waals surface area contributed by atoms with Crippen molar-refractivity contribution in [1.82, 2.24) is 0 Å². The lowest BCUT2D eigenvalue weighted by atomic mass is 10.0. The first-order chi connectivity index (χ1) is 11.3. The Bertz CT molecular complexity index is 657. The van der Waals surface area contributed by atoms with E-state index in [9.17, 15) is 5.11 Å². The number of aliphatic hydroxyl groups excluding tert-OH is 1. The summed E-state index contributed by atoms with van der Waals surface area (Å²) in [6.07, 6.45) is 4.36. The summed E-state index contributed by atoms with van der Waals surface area (Å²) in [5.74, 6) is 0. The highest BCUT2D eigenvalue weighted by Crippen LogP contribution is 2.44. The van der Waals surface area contributed by atoms with Crippen LogP contribution in [-0.2, 0) is 0 Å². The highest BCUT2D eigenvalue weighted by atomic mass is 16.3. The van der Waals surface area contributed by atoms with Crippen molar-refractivity contribution in [3.63, 3.8) is 0 Å². The smallest absolute Gasteiger partial charge is 0.105 e. The van der Waals surface area contributed by atoms with Gasteiger partial charge in [0.1, 0.15) is 6.10 Å². The molecule has 1 aliphatic carbocycles. The van der Waals surface area contributed by atoms with Crippen LogP contribution in [0.5, 0.6) is 0 Å². The molecule has 0 saturated heterocycles. The SMILES string of the molecule is CCCCN(CCCC)c1ccc2c(c1)[C@H](O)c1ccccc1-2. The maximum absolute atomic E-state index is 10.7. The second-order valence-corrected chi connectivity index (χ2v) is 6.46. The predicted octanol–water partition coefficient (Wildman–Crippen LogP) is 5.16. The fourth-order valence-electron chi connectivity index (χ4n) is 3.43. The van der Waals surface area contributed by atoms with Crippen molar-refractivity contribution in [1.29, 1.82) is 0 Å². The molecule has 0 spiro atoms. The van der Waals surface area contributed by atoms with E-state index in [1.807, 2.05) is 18.2 Å². The minimum Gasteiger partial charge on any atom is -0.384 e. The van der Waals surface area contributed by atoms with E-state index in [-0.39, 0.29) is 0 Å². The summed E-state index contributed by atoms with van der Waals surface area (Å²) in [5.41, 5.74) is 5.70. The molecule has 0 unspecified atom stereocenters. The van der Waals surface area contributed by atoms with Gasteiger partial charge in [-0.25, -0.2) is 0 Å². The first-order valence-electron chi connectivity index (χ1n) is 8.92. The van der Waals surface area contributed by atoms with Gasteiger partial charge in [-0.05, 0) is 47.2 Å². The topological polar surface area (TPSA) is 23.5 Å². The number of aliphatic hydroxyl groups is 1. The van der Waals surface area contributed by atoms with Crippen LogP contribution < -0.4 is 4.90 Å². The van der Waals surface area contributed by atoms with E-state index in [0.29, 0.717) is 0 Å². The quantitative estimate of drug-likeness (QED) is 0.764. The van der Waals surface area contributed by atoms with E-state index in [0.717, 1.165) is 24.2 Å². The lowest BCUT2D eigenvalue weighted by Crippen LogP contribution is -2.25. The second kappa shape index (κ2) is 7.18. The first-order valence-corrected chi connectivity index (χ1v) is 8.92. The Morgan fingerprint density at radius 2 is 1.52 bits per heavy atom. The zero-order valence-corrected chi connectivity index (χ0v) is 14.3. The van der Waals surface area contributed by atoms with Gasteiger partial charge in [-0.2, -0.15) is 0 Å². The van der Waals surface area contributed by atoms with Crippen molar-refractivity contribution < 1.29 is 5.11 Å². The fraction of sp³-hybridized carbons (Fsp3) is 0.429. The van der Waals surface area contributed by atoms with Gasteiger partial charge in [0.25, 0.3) is 0 Å². The molecule has 122 valence electrons. The van der Waals surface area contributed by atoms with Gasteiger partial charge in [0.05, 0.1) is 0 Å². The maximum Gasteiger partial charge on any atom is 0.105 e. The molecule has 0 amide bonds. The number of fused-ring (bicyclic) bond motifs is 3. The normalized spacial score (nSPS) is 15.3. The van der Waals surface area contributed by atoms with Crippen molar-refractivity contribution in [2.75, 3.05) is 18.0 Å². The third kappa shape index (κ3) is 3.13. The van der Waals surface area contributed by atoms with Gasteiger partial charge in [-0.15, -0.1) is 0 Å². The molecule has 0 heterocycles. The summed E-state index contributed by atoms with van der Waals surface area (Å²) < 4.78 is 0. The highest BCUT2D eigenvalue weighted by molar-refractivity contribution is 5.80. The van der Waals surface area contributed by atoms with E-state index in [4.69, 9.17) is 0 Å². The summed E-state index contributed by atoms with van der Waals surface area (Å²) in [5, 5.41) is 10.7. The molecule has 0 bridgehead atoms. The summed E-state index contributed by atoms with van der Waals surface area (Å²) in [6, 6.07) is 14.8. The maximum atomic E-state index is 10.7. The van der Waals surface area contributed by atoms with Crippen LogP contribution in [0.15, 0.2) is 42.5 Å². The van der Waals surface area contributed by atoms with Gasteiger partial charge in [0.15, 0.2) is 0 Å². The number of hydrogen-bond donors (Lipinski definition) is 1. The average molecular weight is 309 g/mol. The molecule has 0 saturated carbocycles. The van der Waals surface area contributed by atoms with E-state index in [1.54, 1.807) is 0 Å². The van der Waals surface area contributed by atoms with Crippen LogP contribution in [0, 0.1) is 0 Å². The molecule has 1 aliphatic rings. The Kier molecular flexibility index (Phi) is 5.02. The van der Waals surface area contributed by atoms with Crippen LogP contribution in [0.2, 0.25) is 0 Å². The summed E-state index contributed by atoms with van der Waals surface area (Å²) in [7, 11) is 0. The Balaban J connectivity index is 1.91. The summed E-state index contributed by atoms with van der Waals surface area (Å²) in [6.45, 7) is 6.67. The van der Waals surface area contributed by atoms with Crippen molar-refractivity contribution in [3.8, 4) is 11.1 Å². The summed E-state index contributed by atoms with van der Waals surface area (Å²) in [4.78, 5) is 2.48. The van der Waals surface area contributed by atoms with Crippen LogP contribution in [0.1, 0.15) is 56.8 Å². The Morgan fingerprint density at radius 3 is 2.22 bits per heavy atom. The highest BCUT2D eigenvalue weighted by Gasteiger charge is 2.27. The lowest BCUT2D eigenvalue weighted by molar-refractivity contribution is 0.225. The van der Waals surface area contributed by atoms with E-state index in [2.05, 4.69) is 43.0 Å². The molecule has 2 heteroatoms. The third-order valence-corrected chi connectivity index (χ3v) is 4.80. The van der Waals surface area contributed by atoms with Crippen molar-refractivity contribution in [3.05, 3.63) is 53.6 Å². The van der Waals surface area contributed by atoms with Crippen molar-refractivity contribution >= 4 is 5.69 Å². The van der Waals surface area contributed by atoms with Crippen LogP contribution in [0.4, 0.5) is 5.69 Å². The van der Waals surface area contributed by atoms with Gasteiger partial charge in [0, 0.05) is 18.8 Å². The fourth-order valence-corrected chi connectivity index (χ4v) is 3.43. The Labute approximate surface area is 139 Å². The number of unbranched alkanes of at least 4 members (excludes halogenated alkanes) is 2. The third-order valence-electron chi connectivity index (χ3n) is 4.80. The van der Waals surface area contributed by atoms with Crippen LogP contribution in [0.3, 0.4) is 0 Å². The standard InChI is InChI=1S/C21H27NO/c1-3-5-13-22(14-6-4-2)16-11-12-18-17-9-7-8-10-19(17)21(23)20(18)15-16/h7-12,15,21,23H,3-6,13-14H2,1-2H3/t21-/m1/s1. The lowest BCUT2D eigenvalue weighted by Gasteiger charge is -2.25. The van der Waals surface area contributed by atoms with Gasteiger partial charge in [-0.3, -0.25) is 0 Å². The molecule has 23 heavy (non-hydrogen) atoms. The molecule has 1 N–H and O–H groups in total. The average Bonchev–Trinajstić information content (AvgIpc) is 2.88. The Morgan fingerprint density at radius 1 is 0.870 bits per heavy atom. The molecule has 0 radical (unpaired) electrons. The molecule has 0 aliphatic heterocycles. The zero-order valence-electron chi connectivity index (χ0n) is 14.3.